The Morgan fingerprint density at radius 2 is 1.31 bits per heavy atom. The van der Waals surface area contributed by atoms with E-state index in [1.165, 1.54) is 0 Å². The Morgan fingerprint density at radius 3 is 1.69 bits per heavy atom. The molecule has 0 bridgehead atoms. The van der Waals surface area contributed by atoms with Crippen molar-refractivity contribution in [3.8, 4) is 0 Å². The summed E-state index contributed by atoms with van der Waals surface area (Å²) in [5, 5.41) is 30.7. The zero-order valence-electron chi connectivity index (χ0n) is 14.8. The number of hydrogen-bond acceptors (Lipinski definition) is 6. The van der Waals surface area contributed by atoms with Crippen LogP contribution in [0.25, 0.3) is 0 Å². The van der Waals surface area contributed by atoms with Crippen LogP contribution in [0.2, 0.25) is 0 Å². The molecule has 0 saturated carbocycles. The normalized spacial score (nSPS) is 13.2. The van der Waals surface area contributed by atoms with Gasteiger partial charge >= 0.3 is 24.0 Å². The molecule has 0 aliphatic carbocycles. The lowest BCUT2D eigenvalue weighted by atomic mass is 10.1. The van der Waals surface area contributed by atoms with E-state index in [4.69, 9.17) is 20.1 Å². The molecule has 0 spiro atoms. The lowest BCUT2D eigenvalue weighted by Crippen LogP contribution is -2.52. The van der Waals surface area contributed by atoms with Crippen LogP contribution >= 0.6 is 0 Å². The molecule has 0 aliphatic heterocycles. The molecule has 0 aromatic rings. The Bertz CT molecular complexity index is 554. The highest BCUT2D eigenvalue weighted by molar-refractivity contribution is 5.89. The quantitative estimate of drug-likeness (QED) is 0.355. The summed E-state index contributed by atoms with van der Waals surface area (Å²) < 4.78 is 4.99. The first-order chi connectivity index (χ1) is 11.8. The molecule has 11 heteroatoms. The number of carboxylic acids is 3. The van der Waals surface area contributed by atoms with E-state index in [-0.39, 0.29) is 12.8 Å². The Balaban J connectivity index is 5.05. The van der Waals surface area contributed by atoms with Crippen LogP contribution in [0, 0.1) is 0 Å². The highest BCUT2D eigenvalue weighted by Gasteiger charge is 2.28. The molecule has 0 aromatic heterocycles. The van der Waals surface area contributed by atoms with Crippen molar-refractivity contribution in [3.63, 3.8) is 0 Å². The average molecular weight is 376 g/mol. The predicted octanol–water partition coefficient (Wildman–Crippen LogP) is 0.179. The third-order valence-electron chi connectivity index (χ3n) is 2.92. The van der Waals surface area contributed by atoms with E-state index in [0.29, 0.717) is 0 Å². The molecule has 2 amide bonds. The Labute approximate surface area is 149 Å². The van der Waals surface area contributed by atoms with E-state index in [1.54, 1.807) is 20.8 Å². The fourth-order valence-electron chi connectivity index (χ4n) is 1.78. The molecule has 0 saturated heterocycles. The molecule has 0 fully saturated rings. The van der Waals surface area contributed by atoms with Gasteiger partial charge < -0.3 is 30.7 Å². The first-order valence-electron chi connectivity index (χ1n) is 7.78. The van der Waals surface area contributed by atoms with E-state index in [0.717, 1.165) is 0 Å². The molecular formula is C15H24N2O9. The van der Waals surface area contributed by atoms with Gasteiger partial charge in [0.15, 0.2) is 0 Å². The van der Waals surface area contributed by atoms with E-state index in [9.17, 15) is 24.0 Å². The Morgan fingerprint density at radius 1 is 0.846 bits per heavy atom. The smallest absolute Gasteiger partial charge is 0.408 e. The van der Waals surface area contributed by atoms with Gasteiger partial charge in [-0.1, -0.05) is 0 Å². The highest BCUT2D eigenvalue weighted by Crippen LogP contribution is 2.08. The van der Waals surface area contributed by atoms with E-state index < -0.39 is 60.4 Å². The number of carbonyl (C=O) groups excluding carboxylic acids is 2. The fraction of sp³-hybridized carbons (Fsp3) is 0.667. The standard InChI is InChI=1S/C15H24N2O9/c1-15(2,3)26-14(25)17-8(4-6-10(18)19)12(22)16-9(13(23)24)5-7-11(20)21/h8-9H,4-7H2,1-3H3,(H,16,22)(H,17,25)(H,18,19)(H,20,21)(H,23,24)/t8-,9-/m0/s1. The first-order valence-corrected chi connectivity index (χ1v) is 7.78. The number of ether oxygens (including phenoxy) is 1. The molecule has 5 N–H and O–H groups in total. The third kappa shape index (κ3) is 10.8. The SMILES string of the molecule is CC(C)(C)OC(=O)N[C@@H](CCC(=O)O)C(=O)N[C@@H](CCC(=O)O)C(=O)O. The van der Waals surface area contributed by atoms with Gasteiger partial charge in [-0.2, -0.15) is 0 Å². The molecule has 0 aliphatic rings. The van der Waals surface area contributed by atoms with Crippen molar-refractivity contribution in [2.75, 3.05) is 0 Å². The Kier molecular flexibility index (Phi) is 9.09. The van der Waals surface area contributed by atoms with Crippen molar-refractivity contribution in [2.24, 2.45) is 0 Å². The van der Waals surface area contributed by atoms with Crippen molar-refractivity contribution in [1.29, 1.82) is 0 Å². The number of rotatable bonds is 10. The number of hydrogen-bond donors (Lipinski definition) is 5. The summed E-state index contributed by atoms with van der Waals surface area (Å²) in [6.45, 7) is 4.77. The minimum Gasteiger partial charge on any atom is -0.481 e. The molecular weight excluding hydrogens is 352 g/mol. The lowest BCUT2D eigenvalue weighted by molar-refractivity contribution is -0.144. The summed E-state index contributed by atoms with van der Waals surface area (Å²) in [4.78, 5) is 56.4. The summed E-state index contributed by atoms with van der Waals surface area (Å²) >= 11 is 0. The topological polar surface area (TPSA) is 179 Å². The summed E-state index contributed by atoms with van der Waals surface area (Å²) in [5.74, 6) is -4.85. The van der Waals surface area contributed by atoms with Crippen LogP contribution < -0.4 is 10.6 Å². The maximum absolute atomic E-state index is 12.2. The maximum atomic E-state index is 12.2. The highest BCUT2D eigenvalue weighted by atomic mass is 16.6. The van der Waals surface area contributed by atoms with Gasteiger partial charge in [0.05, 0.1) is 0 Å². The van der Waals surface area contributed by atoms with Crippen LogP contribution in [0.4, 0.5) is 4.79 Å². The van der Waals surface area contributed by atoms with Crippen molar-refractivity contribution in [3.05, 3.63) is 0 Å². The van der Waals surface area contributed by atoms with E-state index in [1.807, 2.05) is 0 Å². The minimum absolute atomic E-state index is 0.300. The molecule has 148 valence electrons. The average Bonchev–Trinajstić information content (AvgIpc) is 2.44. The predicted molar refractivity (Wildman–Crippen MR) is 86.5 cm³/mol. The van der Waals surface area contributed by atoms with Crippen molar-refractivity contribution >= 4 is 29.9 Å². The molecule has 2 atom stereocenters. The van der Waals surface area contributed by atoms with Crippen LogP contribution in [0.15, 0.2) is 0 Å². The number of carbonyl (C=O) groups is 5. The number of amides is 2. The van der Waals surface area contributed by atoms with Gasteiger partial charge in [0, 0.05) is 12.8 Å². The summed E-state index contributed by atoms with van der Waals surface area (Å²) in [5.41, 5.74) is -0.858. The second kappa shape index (κ2) is 10.2. The molecule has 0 radical (unpaired) electrons. The summed E-state index contributed by atoms with van der Waals surface area (Å²) in [7, 11) is 0. The number of nitrogens with one attached hydrogen (secondary N) is 2. The zero-order valence-corrected chi connectivity index (χ0v) is 14.8. The molecule has 0 heterocycles. The van der Waals surface area contributed by atoms with Crippen LogP contribution in [-0.2, 0) is 23.9 Å². The molecule has 26 heavy (non-hydrogen) atoms. The van der Waals surface area contributed by atoms with Gasteiger partial charge in [0.25, 0.3) is 0 Å². The maximum Gasteiger partial charge on any atom is 0.408 e. The number of alkyl carbamates (subject to hydrolysis) is 1. The molecule has 0 unspecified atom stereocenters. The van der Waals surface area contributed by atoms with Crippen molar-refractivity contribution in [1.82, 2.24) is 10.6 Å². The molecule has 0 rings (SSSR count). The van der Waals surface area contributed by atoms with E-state index in [2.05, 4.69) is 10.6 Å². The van der Waals surface area contributed by atoms with Crippen LogP contribution in [0.3, 0.4) is 0 Å². The van der Waals surface area contributed by atoms with Crippen LogP contribution in [0.1, 0.15) is 46.5 Å². The first kappa shape index (κ1) is 23.1. The second-order valence-electron chi connectivity index (χ2n) is 6.46. The third-order valence-corrected chi connectivity index (χ3v) is 2.92. The van der Waals surface area contributed by atoms with Gasteiger partial charge in [0.2, 0.25) is 5.91 Å². The van der Waals surface area contributed by atoms with Crippen molar-refractivity contribution in [2.45, 2.75) is 64.1 Å². The zero-order chi connectivity index (χ0) is 20.5. The van der Waals surface area contributed by atoms with Gasteiger partial charge in [-0.3, -0.25) is 14.4 Å². The van der Waals surface area contributed by atoms with Gasteiger partial charge in [0.1, 0.15) is 17.7 Å². The summed E-state index contributed by atoms with van der Waals surface area (Å²) in [6, 6.07) is -2.85. The number of aliphatic carboxylic acids is 3. The monoisotopic (exact) mass is 376 g/mol. The molecule has 11 nitrogen and oxygen atoms in total. The minimum atomic E-state index is -1.49. The fourth-order valence-corrected chi connectivity index (χ4v) is 1.78. The lowest BCUT2D eigenvalue weighted by Gasteiger charge is -2.24. The van der Waals surface area contributed by atoms with E-state index >= 15 is 0 Å². The van der Waals surface area contributed by atoms with Crippen LogP contribution in [0.5, 0.6) is 0 Å². The van der Waals surface area contributed by atoms with Gasteiger partial charge in [-0.15, -0.1) is 0 Å². The summed E-state index contributed by atoms with van der Waals surface area (Å²) in [6.07, 6.45) is -2.59. The Hall–Kier alpha value is -2.85. The molecule has 0 aromatic carbocycles. The number of carboxylic acid groups (broad SMARTS) is 3. The largest absolute Gasteiger partial charge is 0.481 e. The van der Waals surface area contributed by atoms with Crippen LogP contribution in [-0.4, -0.2) is 62.9 Å². The second-order valence-corrected chi connectivity index (χ2v) is 6.46. The van der Waals surface area contributed by atoms with Gasteiger partial charge in [-0.05, 0) is 33.6 Å². The van der Waals surface area contributed by atoms with Crippen molar-refractivity contribution < 1.29 is 44.0 Å². The van der Waals surface area contributed by atoms with Gasteiger partial charge in [-0.25, -0.2) is 9.59 Å².